The second-order valence-corrected chi connectivity index (χ2v) is 8.00. The average Bonchev–Trinajstić information content (AvgIpc) is 2.90. The Labute approximate surface area is 206 Å². The molecular weight excluding hydrogens is 444 g/mol. The minimum atomic E-state index is -0.482. The van der Waals surface area contributed by atoms with E-state index in [4.69, 9.17) is 18.9 Å². The monoisotopic (exact) mass is 476 g/mol. The van der Waals surface area contributed by atoms with Crippen molar-refractivity contribution in [3.8, 4) is 17.2 Å². The van der Waals surface area contributed by atoms with Gasteiger partial charge in [-0.2, -0.15) is 0 Å². The maximum atomic E-state index is 12.4. The lowest BCUT2D eigenvalue weighted by atomic mass is 10.2. The molecule has 3 aromatic carbocycles. The van der Waals surface area contributed by atoms with Crippen LogP contribution in [0.1, 0.15) is 59.7 Å². The van der Waals surface area contributed by atoms with Gasteiger partial charge in [-0.1, -0.05) is 50.8 Å². The highest BCUT2D eigenvalue weighted by Crippen LogP contribution is 2.18. The van der Waals surface area contributed by atoms with Crippen LogP contribution in [0.2, 0.25) is 0 Å². The molecule has 3 rings (SSSR count). The second-order valence-electron chi connectivity index (χ2n) is 8.00. The molecule has 184 valence electrons. The van der Waals surface area contributed by atoms with E-state index in [1.165, 1.54) is 19.3 Å². The Morgan fingerprint density at radius 3 is 1.83 bits per heavy atom. The van der Waals surface area contributed by atoms with E-state index >= 15 is 0 Å². The van der Waals surface area contributed by atoms with Gasteiger partial charge in [-0.3, -0.25) is 0 Å². The molecule has 0 fully saturated rings. The van der Waals surface area contributed by atoms with Crippen molar-refractivity contribution in [3.63, 3.8) is 0 Å². The maximum Gasteiger partial charge on any atom is 0.343 e. The van der Waals surface area contributed by atoms with Crippen molar-refractivity contribution < 1.29 is 28.5 Å². The summed E-state index contributed by atoms with van der Waals surface area (Å²) in [4.78, 5) is 24.6. The van der Waals surface area contributed by atoms with Crippen molar-refractivity contribution in [2.75, 3.05) is 19.8 Å². The Kier molecular flexibility index (Phi) is 10.7. The lowest BCUT2D eigenvalue weighted by molar-refractivity contribution is 0.0450. The molecule has 0 radical (unpaired) electrons. The fraction of sp³-hybridized carbons (Fsp3) is 0.310. The first kappa shape index (κ1) is 25.8. The molecule has 0 aliphatic rings. The Hall–Kier alpha value is -3.80. The van der Waals surface area contributed by atoms with Gasteiger partial charge < -0.3 is 18.9 Å². The zero-order chi connectivity index (χ0) is 24.7. The molecule has 0 spiro atoms. The summed E-state index contributed by atoms with van der Waals surface area (Å²) in [6.07, 6.45) is 5.90. The van der Waals surface area contributed by atoms with Gasteiger partial charge >= 0.3 is 11.9 Å². The zero-order valence-corrected chi connectivity index (χ0v) is 20.1. The van der Waals surface area contributed by atoms with Gasteiger partial charge in [-0.15, -0.1) is 0 Å². The van der Waals surface area contributed by atoms with Gasteiger partial charge in [0.05, 0.1) is 17.7 Å². The van der Waals surface area contributed by atoms with E-state index in [1.54, 1.807) is 48.5 Å². The van der Waals surface area contributed by atoms with E-state index in [1.807, 2.05) is 30.3 Å². The molecule has 35 heavy (non-hydrogen) atoms. The van der Waals surface area contributed by atoms with Crippen LogP contribution in [0.5, 0.6) is 17.2 Å². The molecule has 0 aromatic heterocycles. The number of para-hydroxylation sites is 1. The van der Waals surface area contributed by atoms with Crippen LogP contribution in [0.3, 0.4) is 0 Å². The quantitative estimate of drug-likeness (QED) is 0.150. The summed E-state index contributed by atoms with van der Waals surface area (Å²) < 4.78 is 21.9. The molecule has 0 aliphatic carbocycles. The number of hydrogen-bond donors (Lipinski definition) is 0. The van der Waals surface area contributed by atoms with Gasteiger partial charge in [0.15, 0.2) is 0 Å². The Bertz CT molecular complexity index is 1030. The van der Waals surface area contributed by atoms with Gasteiger partial charge in [0.1, 0.15) is 30.5 Å². The van der Waals surface area contributed by atoms with E-state index in [2.05, 4.69) is 6.92 Å². The lowest BCUT2D eigenvalue weighted by Crippen LogP contribution is -2.12. The highest BCUT2D eigenvalue weighted by Gasteiger charge is 2.11. The lowest BCUT2D eigenvalue weighted by Gasteiger charge is -2.09. The molecule has 0 heterocycles. The van der Waals surface area contributed by atoms with E-state index in [0.717, 1.165) is 24.3 Å². The largest absolute Gasteiger partial charge is 0.494 e. The average molecular weight is 477 g/mol. The van der Waals surface area contributed by atoms with E-state index in [-0.39, 0.29) is 13.2 Å². The fourth-order valence-electron chi connectivity index (χ4n) is 3.30. The number of ether oxygens (including phenoxy) is 4. The first-order valence-corrected chi connectivity index (χ1v) is 12.1. The van der Waals surface area contributed by atoms with Gasteiger partial charge in [-0.25, -0.2) is 9.59 Å². The number of hydrogen-bond acceptors (Lipinski definition) is 6. The maximum absolute atomic E-state index is 12.4. The van der Waals surface area contributed by atoms with Crippen molar-refractivity contribution in [2.24, 2.45) is 0 Å². The summed E-state index contributed by atoms with van der Waals surface area (Å²) in [5.41, 5.74) is 0.780. The number of unbranched alkanes of at least 4 members (excludes halogenated alkanes) is 4. The topological polar surface area (TPSA) is 71.1 Å². The first-order chi connectivity index (χ1) is 17.2. The van der Waals surface area contributed by atoms with E-state index < -0.39 is 11.9 Å². The molecule has 0 N–H and O–H groups in total. The van der Waals surface area contributed by atoms with Crippen molar-refractivity contribution in [1.82, 2.24) is 0 Å². The summed E-state index contributed by atoms with van der Waals surface area (Å²) in [6, 6.07) is 22.4. The predicted octanol–water partition coefficient (Wildman–Crippen LogP) is 6.49. The van der Waals surface area contributed by atoms with E-state index in [0.29, 0.717) is 23.5 Å². The van der Waals surface area contributed by atoms with Gasteiger partial charge in [0, 0.05) is 0 Å². The molecule has 0 amide bonds. The Morgan fingerprint density at radius 2 is 1.14 bits per heavy atom. The standard InChI is InChI=1S/C29H32O6/c1-2-3-4-5-9-20-32-26-16-12-24(13-17-26)29(31)35-27-18-14-23(15-19-27)28(30)34-22-21-33-25-10-7-6-8-11-25/h6-8,10-19H,2-5,9,20-22H2,1H3. The van der Waals surface area contributed by atoms with Crippen molar-refractivity contribution in [3.05, 3.63) is 90.0 Å². The minimum Gasteiger partial charge on any atom is -0.494 e. The number of esters is 2. The molecule has 0 saturated carbocycles. The summed E-state index contributed by atoms with van der Waals surface area (Å²) in [7, 11) is 0. The van der Waals surface area contributed by atoms with Crippen LogP contribution in [0.25, 0.3) is 0 Å². The third kappa shape index (κ3) is 9.16. The molecule has 0 saturated heterocycles. The van der Waals surface area contributed by atoms with Crippen LogP contribution < -0.4 is 14.2 Å². The van der Waals surface area contributed by atoms with Crippen LogP contribution in [0.15, 0.2) is 78.9 Å². The molecule has 0 unspecified atom stereocenters. The predicted molar refractivity (Wildman–Crippen MR) is 134 cm³/mol. The fourth-order valence-corrected chi connectivity index (χ4v) is 3.30. The molecular formula is C29H32O6. The smallest absolute Gasteiger partial charge is 0.343 e. The number of carbonyl (C=O) groups is 2. The van der Waals surface area contributed by atoms with E-state index in [9.17, 15) is 9.59 Å². The highest BCUT2D eigenvalue weighted by atomic mass is 16.6. The number of rotatable bonds is 14. The summed E-state index contributed by atoms with van der Waals surface area (Å²) >= 11 is 0. The highest BCUT2D eigenvalue weighted by molar-refractivity contribution is 5.92. The van der Waals surface area contributed by atoms with Crippen LogP contribution in [0, 0.1) is 0 Å². The Balaban J connectivity index is 1.39. The van der Waals surface area contributed by atoms with Gasteiger partial charge in [0.2, 0.25) is 0 Å². The van der Waals surface area contributed by atoms with Crippen molar-refractivity contribution >= 4 is 11.9 Å². The summed E-state index contributed by atoms with van der Waals surface area (Å²) in [5.74, 6) is 0.833. The number of benzene rings is 3. The van der Waals surface area contributed by atoms with Crippen LogP contribution >= 0.6 is 0 Å². The summed E-state index contributed by atoms with van der Waals surface area (Å²) in [5, 5.41) is 0. The van der Waals surface area contributed by atoms with Gasteiger partial charge in [0.25, 0.3) is 0 Å². The van der Waals surface area contributed by atoms with Crippen molar-refractivity contribution in [2.45, 2.75) is 39.0 Å². The van der Waals surface area contributed by atoms with Gasteiger partial charge in [-0.05, 0) is 67.1 Å². The third-order valence-electron chi connectivity index (χ3n) is 5.24. The minimum absolute atomic E-state index is 0.128. The molecule has 0 bridgehead atoms. The second kappa shape index (κ2) is 14.5. The van der Waals surface area contributed by atoms with Crippen LogP contribution in [-0.4, -0.2) is 31.8 Å². The third-order valence-corrected chi connectivity index (χ3v) is 5.24. The van der Waals surface area contributed by atoms with Crippen molar-refractivity contribution in [1.29, 1.82) is 0 Å². The first-order valence-electron chi connectivity index (χ1n) is 12.1. The SMILES string of the molecule is CCCCCCCOc1ccc(C(=O)Oc2ccc(C(=O)OCCOc3ccccc3)cc2)cc1. The molecule has 3 aromatic rings. The molecule has 0 atom stereocenters. The normalized spacial score (nSPS) is 10.4. The number of carbonyl (C=O) groups excluding carboxylic acids is 2. The summed E-state index contributed by atoms with van der Waals surface area (Å²) in [6.45, 7) is 3.25. The van der Waals surface area contributed by atoms with Crippen LogP contribution in [0.4, 0.5) is 0 Å². The Morgan fingerprint density at radius 1 is 0.571 bits per heavy atom. The molecule has 6 heteroatoms. The zero-order valence-electron chi connectivity index (χ0n) is 20.1. The molecule has 6 nitrogen and oxygen atoms in total. The van der Waals surface area contributed by atoms with Crippen LogP contribution in [-0.2, 0) is 4.74 Å². The molecule has 0 aliphatic heterocycles.